The second-order valence-electron chi connectivity index (χ2n) is 7.93. The fraction of sp³-hybridized carbons (Fsp3) is 0.409. The van der Waals surface area contributed by atoms with E-state index in [1.54, 1.807) is 31.4 Å². The van der Waals surface area contributed by atoms with Crippen molar-refractivity contribution in [2.75, 3.05) is 19.7 Å². The molecule has 2 aromatic rings. The van der Waals surface area contributed by atoms with Crippen LogP contribution in [0, 0.1) is 19.8 Å². The summed E-state index contributed by atoms with van der Waals surface area (Å²) in [7, 11) is -3.76. The van der Waals surface area contributed by atoms with Crippen LogP contribution in [0.1, 0.15) is 50.9 Å². The number of carbonyl (C=O) groups is 3. The Kier molecular flexibility index (Phi) is 7.47. The molecule has 2 amide bonds. The van der Waals surface area contributed by atoms with Gasteiger partial charge in [0.15, 0.2) is 6.61 Å². The lowest BCUT2D eigenvalue weighted by Crippen LogP contribution is -2.38. The topological polar surface area (TPSA) is 110 Å². The number of ether oxygens (including phenoxy) is 1. The average Bonchev–Trinajstić information content (AvgIpc) is 3.29. The molecule has 0 spiro atoms. The van der Waals surface area contributed by atoms with E-state index in [0.29, 0.717) is 35.0 Å². The van der Waals surface area contributed by atoms with Gasteiger partial charge in [0.2, 0.25) is 10.0 Å². The van der Waals surface area contributed by atoms with Crippen molar-refractivity contribution >= 4 is 39.1 Å². The van der Waals surface area contributed by atoms with E-state index in [4.69, 9.17) is 4.74 Å². The monoisotopic (exact) mass is 478 g/mol. The smallest absolute Gasteiger partial charge is 0.338 e. The van der Waals surface area contributed by atoms with Gasteiger partial charge in [0.1, 0.15) is 0 Å². The van der Waals surface area contributed by atoms with Gasteiger partial charge in [0, 0.05) is 13.1 Å². The van der Waals surface area contributed by atoms with Crippen LogP contribution >= 0.6 is 11.3 Å². The molecule has 2 heterocycles. The highest BCUT2D eigenvalue weighted by Crippen LogP contribution is 2.28. The lowest BCUT2D eigenvalue weighted by atomic mass is 10.0. The van der Waals surface area contributed by atoms with Crippen molar-refractivity contribution in [1.29, 1.82) is 0 Å². The molecule has 8 nitrogen and oxygen atoms in total. The average molecular weight is 479 g/mol. The number of amides is 2. The van der Waals surface area contributed by atoms with E-state index in [1.165, 1.54) is 27.8 Å². The first kappa shape index (κ1) is 24.1. The van der Waals surface area contributed by atoms with Gasteiger partial charge in [-0.15, -0.1) is 11.3 Å². The zero-order chi connectivity index (χ0) is 23.5. The lowest BCUT2D eigenvalue weighted by molar-refractivity contribution is -0.123. The number of nitrogens with zero attached hydrogens (tertiary/aromatic N) is 1. The summed E-state index contributed by atoms with van der Waals surface area (Å²) in [6.07, 6.45) is 1.58. The number of imide groups is 1. The number of piperidine rings is 1. The summed E-state index contributed by atoms with van der Waals surface area (Å²) < 4.78 is 32.9. The van der Waals surface area contributed by atoms with Crippen molar-refractivity contribution in [2.24, 2.45) is 5.92 Å². The Hall–Kier alpha value is -2.56. The molecule has 0 atom stereocenters. The minimum atomic E-state index is -3.76. The van der Waals surface area contributed by atoms with Crippen molar-refractivity contribution < 1.29 is 27.5 Å². The fourth-order valence-electron chi connectivity index (χ4n) is 3.42. The summed E-state index contributed by atoms with van der Waals surface area (Å²) >= 11 is 1.18. The van der Waals surface area contributed by atoms with Gasteiger partial charge in [-0.3, -0.25) is 14.9 Å². The summed E-state index contributed by atoms with van der Waals surface area (Å²) in [4.78, 5) is 36.8. The summed E-state index contributed by atoms with van der Waals surface area (Å²) in [5, 5.41) is 3.85. The highest BCUT2D eigenvalue weighted by Gasteiger charge is 2.30. The maximum absolute atomic E-state index is 13.2. The molecule has 0 aliphatic carbocycles. The van der Waals surface area contributed by atoms with Crippen LogP contribution in [0.4, 0.5) is 0 Å². The Morgan fingerprint density at radius 3 is 2.50 bits per heavy atom. The van der Waals surface area contributed by atoms with Gasteiger partial charge in [-0.25, -0.2) is 13.2 Å². The highest BCUT2D eigenvalue weighted by molar-refractivity contribution is 7.89. The Morgan fingerprint density at radius 1 is 1.19 bits per heavy atom. The number of esters is 1. The molecule has 1 aliphatic rings. The van der Waals surface area contributed by atoms with Crippen molar-refractivity contribution in [3.05, 3.63) is 51.2 Å². The number of hydrogen-bond donors (Lipinski definition) is 1. The Bertz CT molecular complexity index is 1120. The van der Waals surface area contributed by atoms with Crippen LogP contribution in [0.15, 0.2) is 34.5 Å². The Morgan fingerprint density at radius 2 is 1.88 bits per heavy atom. The molecule has 1 aromatic carbocycles. The zero-order valence-electron chi connectivity index (χ0n) is 18.2. The molecule has 0 saturated carbocycles. The van der Waals surface area contributed by atoms with Crippen LogP contribution in [-0.4, -0.2) is 50.2 Å². The minimum absolute atomic E-state index is 0.0365. The molecule has 1 fully saturated rings. The van der Waals surface area contributed by atoms with Crippen LogP contribution in [0.5, 0.6) is 0 Å². The maximum atomic E-state index is 13.2. The third kappa shape index (κ3) is 5.43. The van der Waals surface area contributed by atoms with Gasteiger partial charge in [0.25, 0.3) is 11.8 Å². The van der Waals surface area contributed by atoms with Crippen LogP contribution in [-0.2, 0) is 19.6 Å². The number of sulfonamides is 1. The van der Waals surface area contributed by atoms with Gasteiger partial charge in [0.05, 0.1) is 15.3 Å². The molecule has 1 N–H and O–H groups in total. The summed E-state index contributed by atoms with van der Waals surface area (Å²) in [5.41, 5.74) is 1.23. The first-order chi connectivity index (χ1) is 15.1. The summed E-state index contributed by atoms with van der Waals surface area (Å²) in [6, 6.07) is 6.08. The molecule has 0 radical (unpaired) electrons. The maximum Gasteiger partial charge on any atom is 0.338 e. The van der Waals surface area contributed by atoms with Crippen LogP contribution in [0.3, 0.4) is 0 Å². The minimum Gasteiger partial charge on any atom is -0.452 e. The van der Waals surface area contributed by atoms with Crippen LogP contribution in [0.25, 0.3) is 0 Å². The second-order valence-corrected chi connectivity index (χ2v) is 10.8. The van der Waals surface area contributed by atoms with Gasteiger partial charge in [-0.2, -0.15) is 4.31 Å². The molecule has 0 unspecified atom stereocenters. The number of hydrogen-bond acceptors (Lipinski definition) is 7. The van der Waals surface area contributed by atoms with Gasteiger partial charge in [-0.05, 0) is 67.3 Å². The number of benzene rings is 1. The van der Waals surface area contributed by atoms with E-state index in [2.05, 4.69) is 12.2 Å². The predicted octanol–water partition coefficient (Wildman–Crippen LogP) is 2.90. The molecule has 32 heavy (non-hydrogen) atoms. The predicted molar refractivity (Wildman–Crippen MR) is 120 cm³/mol. The summed E-state index contributed by atoms with van der Waals surface area (Å²) in [6.45, 7) is 5.74. The zero-order valence-corrected chi connectivity index (χ0v) is 19.8. The molecule has 10 heteroatoms. The largest absolute Gasteiger partial charge is 0.452 e. The molecular weight excluding hydrogens is 452 g/mol. The second kappa shape index (κ2) is 9.93. The first-order valence-electron chi connectivity index (χ1n) is 10.3. The fourth-order valence-corrected chi connectivity index (χ4v) is 5.84. The highest BCUT2D eigenvalue weighted by atomic mass is 32.2. The molecule has 0 bridgehead atoms. The van der Waals surface area contributed by atoms with E-state index >= 15 is 0 Å². The van der Waals surface area contributed by atoms with E-state index in [0.717, 1.165) is 12.8 Å². The van der Waals surface area contributed by atoms with Gasteiger partial charge >= 0.3 is 5.97 Å². The number of rotatable bonds is 6. The molecule has 1 saturated heterocycles. The number of carbonyl (C=O) groups excluding carboxylic acids is 3. The summed E-state index contributed by atoms with van der Waals surface area (Å²) in [5.74, 6) is -1.70. The van der Waals surface area contributed by atoms with Crippen LogP contribution in [0.2, 0.25) is 0 Å². The first-order valence-corrected chi connectivity index (χ1v) is 12.6. The van der Waals surface area contributed by atoms with E-state index in [-0.39, 0.29) is 10.5 Å². The van der Waals surface area contributed by atoms with Crippen molar-refractivity contribution in [3.63, 3.8) is 0 Å². The molecular formula is C22H26N2O6S2. The Balaban J connectivity index is 1.71. The third-order valence-corrected chi connectivity index (χ3v) is 8.44. The SMILES string of the molecule is Cc1cc(C(=O)OCC(=O)NC(=O)c2cccs2)cc(S(=O)(=O)N2CCC(C)CC2)c1C. The van der Waals surface area contributed by atoms with E-state index in [9.17, 15) is 22.8 Å². The number of aryl methyl sites for hydroxylation is 1. The van der Waals surface area contributed by atoms with Gasteiger partial charge in [-0.1, -0.05) is 13.0 Å². The molecule has 3 rings (SSSR count). The number of thiophene rings is 1. The standard InChI is InChI=1S/C22H26N2O6S2/c1-14-6-8-24(9-7-14)32(28,29)19-12-17(11-15(2)16(19)3)22(27)30-13-20(25)23-21(26)18-5-4-10-31-18/h4-5,10-12,14H,6-9,13H2,1-3H3,(H,23,25,26). The van der Waals surface area contributed by atoms with E-state index in [1.807, 2.05) is 0 Å². The van der Waals surface area contributed by atoms with Crippen molar-refractivity contribution in [3.8, 4) is 0 Å². The number of nitrogens with one attached hydrogen (secondary N) is 1. The Labute approximate surface area is 191 Å². The molecule has 172 valence electrons. The van der Waals surface area contributed by atoms with Gasteiger partial charge < -0.3 is 4.74 Å². The molecule has 1 aliphatic heterocycles. The van der Waals surface area contributed by atoms with E-state index < -0.39 is 34.4 Å². The van der Waals surface area contributed by atoms with Crippen LogP contribution < -0.4 is 5.32 Å². The molecule has 1 aromatic heterocycles. The van der Waals surface area contributed by atoms with Crippen molar-refractivity contribution in [2.45, 2.75) is 38.5 Å². The normalized spacial score (nSPS) is 15.3. The third-order valence-electron chi connectivity index (χ3n) is 5.55. The quantitative estimate of drug-likeness (QED) is 0.640. The lowest BCUT2D eigenvalue weighted by Gasteiger charge is -2.30. The van der Waals surface area contributed by atoms with Crippen molar-refractivity contribution in [1.82, 2.24) is 9.62 Å².